The van der Waals surface area contributed by atoms with Gasteiger partial charge in [0.2, 0.25) is 5.91 Å². The van der Waals surface area contributed by atoms with Crippen molar-refractivity contribution in [3.8, 4) is 0 Å². The second-order valence-electron chi connectivity index (χ2n) is 11.0. The quantitative estimate of drug-likeness (QED) is 0.468. The first-order chi connectivity index (χ1) is 18.4. The van der Waals surface area contributed by atoms with E-state index in [-0.39, 0.29) is 21.9 Å². The van der Waals surface area contributed by atoms with Crippen LogP contribution in [0.15, 0.2) is 65.7 Å². The van der Waals surface area contributed by atoms with E-state index in [1.807, 2.05) is 18.2 Å². The van der Waals surface area contributed by atoms with Crippen LogP contribution in [-0.2, 0) is 21.2 Å². The van der Waals surface area contributed by atoms with E-state index in [0.717, 1.165) is 36.3 Å². The molecule has 2 N–H and O–H groups in total. The summed E-state index contributed by atoms with van der Waals surface area (Å²) in [6.07, 6.45) is 3.32. The number of pyridine rings is 1. The number of rotatable bonds is 6. The van der Waals surface area contributed by atoms with Crippen molar-refractivity contribution in [2.45, 2.75) is 51.0 Å². The molecule has 39 heavy (non-hydrogen) atoms. The Kier molecular flexibility index (Phi) is 6.84. The van der Waals surface area contributed by atoms with Crippen LogP contribution in [-0.4, -0.2) is 43.8 Å². The van der Waals surface area contributed by atoms with Gasteiger partial charge in [-0.2, -0.15) is 0 Å². The highest BCUT2D eigenvalue weighted by Gasteiger charge is 2.39. The number of aromatic nitrogens is 1. The van der Waals surface area contributed by atoms with Gasteiger partial charge in [0.05, 0.1) is 10.5 Å². The van der Waals surface area contributed by atoms with Crippen LogP contribution in [0.25, 0.3) is 0 Å². The highest BCUT2D eigenvalue weighted by molar-refractivity contribution is 7.90. The molecule has 10 heteroatoms. The van der Waals surface area contributed by atoms with Crippen molar-refractivity contribution in [1.82, 2.24) is 9.71 Å². The molecule has 2 aromatic carbocycles. The van der Waals surface area contributed by atoms with Crippen molar-refractivity contribution in [3.05, 3.63) is 71.9 Å². The third kappa shape index (κ3) is 5.34. The van der Waals surface area contributed by atoms with Crippen LogP contribution >= 0.6 is 0 Å². The Morgan fingerprint density at radius 3 is 2.54 bits per heavy atom. The van der Waals surface area contributed by atoms with Gasteiger partial charge in [0.1, 0.15) is 5.82 Å². The molecule has 1 saturated heterocycles. The Morgan fingerprint density at radius 1 is 1.05 bits per heavy atom. The van der Waals surface area contributed by atoms with Crippen molar-refractivity contribution in [3.63, 3.8) is 0 Å². The van der Waals surface area contributed by atoms with Gasteiger partial charge < -0.3 is 15.1 Å². The predicted molar refractivity (Wildman–Crippen MR) is 152 cm³/mol. The number of hydrogen-bond acceptors (Lipinski definition) is 7. The Balaban J connectivity index is 1.35. The van der Waals surface area contributed by atoms with Gasteiger partial charge in [-0.25, -0.2) is 18.1 Å². The number of fused-ring (bicyclic) bond motifs is 1. The third-order valence-corrected chi connectivity index (χ3v) is 8.70. The molecule has 3 aromatic rings. The second-order valence-corrected chi connectivity index (χ2v) is 12.6. The van der Waals surface area contributed by atoms with Crippen LogP contribution in [0.1, 0.15) is 50.0 Å². The lowest BCUT2D eigenvalue weighted by atomic mass is 9.97. The van der Waals surface area contributed by atoms with E-state index in [1.54, 1.807) is 42.3 Å². The molecule has 0 aliphatic carbocycles. The third-order valence-electron chi connectivity index (χ3n) is 7.38. The largest absolute Gasteiger partial charge is 0.355 e. The minimum absolute atomic E-state index is 0.00604. The summed E-state index contributed by atoms with van der Waals surface area (Å²) < 4.78 is 28.7. The van der Waals surface area contributed by atoms with Gasteiger partial charge in [-0.05, 0) is 86.7 Å². The summed E-state index contributed by atoms with van der Waals surface area (Å²) in [5.74, 6) is 0.192. The molecule has 5 rings (SSSR count). The molecular formula is C29H33N5O4S. The fourth-order valence-corrected chi connectivity index (χ4v) is 6.71. The van der Waals surface area contributed by atoms with Gasteiger partial charge in [0.15, 0.2) is 0 Å². The van der Waals surface area contributed by atoms with Crippen LogP contribution in [0.5, 0.6) is 0 Å². The average molecular weight is 548 g/mol. The van der Waals surface area contributed by atoms with E-state index in [0.29, 0.717) is 24.0 Å². The van der Waals surface area contributed by atoms with E-state index in [1.165, 1.54) is 12.1 Å². The van der Waals surface area contributed by atoms with Crippen LogP contribution in [0.3, 0.4) is 0 Å². The smallest absolute Gasteiger partial charge is 0.268 e. The molecule has 0 bridgehead atoms. The molecule has 1 fully saturated rings. The summed E-state index contributed by atoms with van der Waals surface area (Å²) in [6.45, 7) is 9.29. The zero-order valence-electron chi connectivity index (χ0n) is 22.6. The number of amides is 2. The maximum atomic E-state index is 13.3. The number of carbonyl (C=O) groups excluding carboxylic acids is 2. The fraction of sp³-hybridized carbons (Fsp3) is 0.345. The van der Waals surface area contributed by atoms with Crippen molar-refractivity contribution >= 4 is 44.7 Å². The van der Waals surface area contributed by atoms with E-state index < -0.39 is 15.9 Å². The molecule has 0 saturated carbocycles. The molecule has 3 heterocycles. The first-order valence-corrected chi connectivity index (χ1v) is 14.5. The zero-order chi connectivity index (χ0) is 27.9. The Bertz CT molecular complexity index is 1550. The summed E-state index contributed by atoms with van der Waals surface area (Å²) >= 11 is 0. The molecule has 1 aromatic heterocycles. The first kappa shape index (κ1) is 26.7. The zero-order valence-corrected chi connectivity index (χ0v) is 23.4. The molecule has 1 atom stereocenters. The molecule has 2 aliphatic heterocycles. The van der Waals surface area contributed by atoms with E-state index in [2.05, 4.69) is 40.7 Å². The number of sulfonamides is 1. The van der Waals surface area contributed by atoms with E-state index in [9.17, 15) is 18.0 Å². The van der Waals surface area contributed by atoms with E-state index >= 15 is 0 Å². The van der Waals surface area contributed by atoms with Crippen LogP contribution in [0.2, 0.25) is 0 Å². The molecule has 0 radical (unpaired) electrons. The lowest BCUT2D eigenvalue weighted by molar-refractivity contribution is -0.116. The predicted octanol–water partition coefficient (Wildman–Crippen LogP) is 4.48. The Hall–Kier alpha value is -3.92. The monoisotopic (exact) mass is 547 g/mol. The fourth-order valence-electron chi connectivity index (χ4n) is 5.70. The lowest BCUT2D eigenvalue weighted by Crippen LogP contribution is -2.40. The highest BCUT2D eigenvalue weighted by Crippen LogP contribution is 2.37. The van der Waals surface area contributed by atoms with Gasteiger partial charge >= 0.3 is 0 Å². The molecule has 2 amide bonds. The molecule has 204 valence electrons. The number of nitrogens with zero attached hydrogens (tertiary/aromatic N) is 3. The average Bonchev–Trinajstić information content (AvgIpc) is 3.42. The summed E-state index contributed by atoms with van der Waals surface area (Å²) in [7, 11) is -4.16. The number of hydrogen-bond donors (Lipinski definition) is 2. The number of benzene rings is 2. The number of nitrogens with one attached hydrogen (secondary N) is 2. The maximum Gasteiger partial charge on any atom is 0.268 e. The molecule has 0 spiro atoms. The first-order valence-electron chi connectivity index (χ1n) is 13.0. The molecule has 1 unspecified atom stereocenters. The van der Waals surface area contributed by atoms with Crippen LogP contribution in [0, 0.1) is 5.92 Å². The van der Waals surface area contributed by atoms with Crippen molar-refractivity contribution < 1.29 is 18.0 Å². The Morgan fingerprint density at radius 2 is 1.82 bits per heavy atom. The topological polar surface area (TPSA) is 112 Å². The molecule has 2 aliphatic rings. The SMILES string of the molecule is CC(=O)N1CCc2cc(Nc3cccc(S(=O)(=O)NC(=O)c4cccnc4N4CC(C)CC4(C)C)c3)ccc21. The second kappa shape index (κ2) is 10.00. The summed E-state index contributed by atoms with van der Waals surface area (Å²) in [6, 6.07) is 15.3. The molecule has 9 nitrogen and oxygen atoms in total. The van der Waals surface area contributed by atoms with Gasteiger partial charge in [-0.1, -0.05) is 13.0 Å². The van der Waals surface area contributed by atoms with Crippen molar-refractivity contribution in [2.75, 3.05) is 28.2 Å². The van der Waals surface area contributed by atoms with Gasteiger partial charge in [-0.3, -0.25) is 9.59 Å². The van der Waals surface area contributed by atoms with Crippen molar-refractivity contribution in [2.24, 2.45) is 5.92 Å². The van der Waals surface area contributed by atoms with Crippen LogP contribution in [0.4, 0.5) is 22.9 Å². The van der Waals surface area contributed by atoms with Gasteiger partial charge in [-0.15, -0.1) is 0 Å². The van der Waals surface area contributed by atoms with Gasteiger partial charge in [0, 0.05) is 48.8 Å². The Labute approximate surface area is 229 Å². The van der Waals surface area contributed by atoms with Crippen LogP contribution < -0.4 is 19.8 Å². The number of carbonyl (C=O) groups is 2. The molecular weight excluding hydrogens is 514 g/mol. The highest BCUT2D eigenvalue weighted by atomic mass is 32.2. The van der Waals surface area contributed by atoms with E-state index in [4.69, 9.17) is 0 Å². The minimum Gasteiger partial charge on any atom is -0.355 e. The van der Waals surface area contributed by atoms with Crippen molar-refractivity contribution in [1.29, 1.82) is 0 Å². The standard InChI is InChI=1S/C29H33N5O4S/c1-19-17-29(3,4)34(18-19)27-25(9-6-13-30-27)28(36)32-39(37,38)24-8-5-7-22(16-24)31-23-10-11-26-21(15-23)12-14-33(26)20(2)35/h5-11,13,15-16,19,31H,12,14,17-18H2,1-4H3,(H,32,36). The normalized spacial score (nSPS) is 18.1. The van der Waals surface area contributed by atoms with Gasteiger partial charge in [0.25, 0.3) is 15.9 Å². The lowest BCUT2D eigenvalue weighted by Gasteiger charge is -2.33. The summed E-state index contributed by atoms with van der Waals surface area (Å²) in [5.41, 5.74) is 3.30. The summed E-state index contributed by atoms with van der Waals surface area (Å²) in [5, 5.41) is 3.24. The minimum atomic E-state index is -4.16. The number of anilines is 4. The maximum absolute atomic E-state index is 13.3. The summed E-state index contributed by atoms with van der Waals surface area (Å²) in [4.78, 5) is 33.3.